The van der Waals surface area contributed by atoms with Crippen LogP contribution in [0.3, 0.4) is 0 Å². The van der Waals surface area contributed by atoms with Gasteiger partial charge in [0.2, 0.25) is 5.91 Å². The van der Waals surface area contributed by atoms with Crippen LogP contribution >= 0.6 is 0 Å². The second kappa shape index (κ2) is 6.94. The number of rotatable bonds is 3. The summed E-state index contributed by atoms with van der Waals surface area (Å²) in [5.74, 6) is 1.01. The van der Waals surface area contributed by atoms with E-state index in [1.807, 2.05) is 34.1 Å². The fourth-order valence-corrected chi connectivity index (χ4v) is 3.95. The molecule has 0 bridgehead atoms. The summed E-state index contributed by atoms with van der Waals surface area (Å²) in [5.41, 5.74) is 0.708. The van der Waals surface area contributed by atoms with Crippen molar-refractivity contribution in [2.75, 3.05) is 40.8 Å². The van der Waals surface area contributed by atoms with Gasteiger partial charge in [-0.05, 0) is 37.0 Å². The molecule has 2 saturated heterocycles. The zero-order chi connectivity index (χ0) is 18.0. The van der Waals surface area contributed by atoms with Crippen LogP contribution < -0.4 is 4.74 Å². The molecular formula is C19H27N3O3. The number of hydrogen-bond donors (Lipinski definition) is 0. The van der Waals surface area contributed by atoms with Gasteiger partial charge in [0.15, 0.2) is 0 Å². The standard InChI is InChI=1S/C19H27N3O3/c1-20(2)18(24)22-11-4-9-19(14-22)10-12-21(17(19)23)13-15-5-7-16(25-3)8-6-15/h5-8H,4,9-14H2,1-3H3. The van der Waals surface area contributed by atoms with Gasteiger partial charge in [0, 0.05) is 40.3 Å². The van der Waals surface area contributed by atoms with E-state index in [1.165, 1.54) is 0 Å². The Morgan fingerprint density at radius 2 is 1.92 bits per heavy atom. The number of piperidine rings is 1. The van der Waals surface area contributed by atoms with Crippen LogP contribution in [0, 0.1) is 5.41 Å². The highest BCUT2D eigenvalue weighted by atomic mass is 16.5. The predicted octanol–water partition coefficient (Wildman–Crippen LogP) is 2.19. The van der Waals surface area contributed by atoms with E-state index in [2.05, 4.69) is 0 Å². The van der Waals surface area contributed by atoms with Crippen molar-refractivity contribution in [3.63, 3.8) is 0 Å². The average Bonchev–Trinajstić information content (AvgIpc) is 2.91. The minimum absolute atomic E-state index is 0.000444. The number of carbonyl (C=O) groups excluding carboxylic acids is 2. The van der Waals surface area contributed by atoms with Crippen LogP contribution in [0.1, 0.15) is 24.8 Å². The smallest absolute Gasteiger partial charge is 0.319 e. The molecule has 136 valence electrons. The van der Waals surface area contributed by atoms with Crippen LogP contribution in [0.5, 0.6) is 5.75 Å². The molecule has 2 heterocycles. The topological polar surface area (TPSA) is 53.1 Å². The molecular weight excluding hydrogens is 318 g/mol. The molecule has 0 aromatic heterocycles. The molecule has 6 heteroatoms. The van der Waals surface area contributed by atoms with Gasteiger partial charge < -0.3 is 19.4 Å². The Labute approximate surface area is 149 Å². The summed E-state index contributed by atoms with van der Waals surface area (Å²) < 4.78 is 5.18. The zero-order valence-electron chi connectivity index (χ0n) is 15.3. The Morgan fingerprint density at radius 3 is 2.56 bits per heavy atom. The van der Waals surface area contributed by atoms with E-state index in [9.17, 15) is 9.59 Å². The molecule has 3 rings (SSSR count). The SMILES string of the molecule is COc1ccc(CN2CCC3(CCCN(C(=O)N(C)C)C3)C2=O)cc1. The summed E-state index contributed by atoms with van der Waals surface area (Å²) >= 11 is 0. The van der Waals surface area contributed by atoms with E-state index >= 15 is 0 Å². The number of likely N-dealkylation sites (tertiary alicyclic amines) is 2. The van der Waals surface area contributed by atoms with E-state index in [0.717, 1.165) is 43.7 Å². The molecule has 1 aromatic carbocycles. The third kappa shape index (κ3) is 3.43. The number of methoxy groups -OCH3 is 1. The van der Waals surface area contributed by atoms with E-state index < -0.39 is 5.41 Å². The number of carbonyl (C=O) groups is 2. The molecule has 0 saturated carbocycles. The lowest BCUT2D eigenvalue weighted by molar-refractivity contribution is -0.138. The molecule has 3 amide bonds. The van der Waals surface area contributed by atoms with Gasteiger partial charge in [-0.1, -0.05) is 12.1 Å². The molecule has 2 aliphatic heterocycles. The van der Waals surface area contributed by atoms with Gasteiger partial charge in [-0.2, -0.15) is 0 Å². The highest BCUT2D eigenvalue weighted by Gasteiger charge is 2.49. The lowest BCUT2D eigenvalue weighted by atomic mass is 9.78. The molecule has 1 spiro atoms. The quantitative estimate of drug-likeness (QED) is 0.844. The first-order valence-corrected chi connectivity index (χ1v) is 8.84. The van der Waals surface area contributed by atoms with Crippen LogP contribution in [0.15, 0.2) is 24.3 Å². The van der Waals surface area contributed by atoms with Crippen LogP contribution in [0.4, 0.5) is 4.79 Å². The summed E-state index contributed by atoms with van der Waals surface area (Å²) in [5, 5.41) is 0. The summed E-state index contributed by atoms with van der Waals surface area (Å²) in [6.45, 7) is 2.66. The van der Waals surface area contributed by atoms with Crippen molar-refractivity contribution in [2.24, 2.45) is 5.41 Å². The molecule has 25 heavy (non-hydrogen) atoms. The number of amides is 3. The number of hydrogen-bond acceptors (Lipinski definition) is 3. The van der Waals surface area contributed by atoms with Crippen LogP contribution in [-0.2, 0) is 11.3 Å². The lowest BCUT2D eigenvalue weighted by Gasteiger charge is -2.39. The normalized spacial score (nSPS) is 23.2. The van der Waals surface area contributed by atoms with Crippen molar-refractivity contribution in [1.29, 1.82) is 0 Å². The van der Waals surface area contributed by atoms with E-state index in [4.69, 9.17) is 4.74 Å². The van der Waals surface area contributed by atoms with Crippen molar-refractivity contribution in [1.82, 2.24) is 14.7 Å². The Kier molecular flexibility index (Phi) is 4.88. The fraction of sp³-hybridized carbons (Fsp3) is 0.579. The molecule has 2 aliphatic rings. The Morgan fingerprint density at radius 1 is 1.20 bits per heavy atom. The van der Waals surface area contributed by atoms with Gasteiger partial charge >= 0.3 is 6.03 Å². The maximum Gasteiger partial charge on any atom is 0.319 e. The third-order valence-corrected chi connectivity index (χ3v) is 5.36. The molecule has 0 N–H and O–H groups in total. The fourth-order valence-electron chi connectivity index (χ4n) is 3.95. The van der Waals surface area contributed by atoms with Crippen LogP contribution in [0.25, 0.3) is 0 Å². The van der Waals surface area contributed by atoms with Gasteiger partial charge in [0.1, 0.15) is 5.75 Å². The Hall–Kier alpha value is -2.24. The monoisotopic (exact) mass is 345 g/mol. The van der Waals surface area contributed by atoms with E-state index in [1.54, 1.807) is 26.1 Å². The zero-order valence-corrected chi connectivity index (χ0v) is 15.3. The highest BCUT2D eigenvalue weighted by molar-refractivity contribution is 5.86. The van der Waals surface area contributed by atoms with Crippen molar-refractivity contribution >= 4 is 11.9 Å². The summed E-state index contributed by atoms with van der Waals surface area (Å²) in [6, 6.07) is 7.84. The summed E-state index contributed by atoms with van der Waals surface area (Å²) in [6.07, 6.45) is 2.60. The Balaban J connectivity index is 1.68. The van der Waals surface area contributed by atoms with Crippen molar-refractivity contribution in [3.8, 4) is 5.75 Å². The number of urea groups is 1. The van der Waals surface area contributed by atoms with E-state index in [-0.39, 0.29) is 11.9 Å². The second-order valence-corrected chi connectivity index (χ2v) is 7.31. The number of nitrogens with zero attached hydrogens (tertiary/aromatic N) is 3. The Bertz CT molecular complexity index is 644. The lowest BCUT2D eigenvalue weighted by Crippen LogP contribution is -2.52. The number of benzene rings is 1. The highest BCUT2D eigenvalue weighted by Crippen LogP contribution is 2.40. The van der Waals surface area contributed by atoms with Crippen LogP contribution in [-0.4, -0.2) is 67.5 Å². The van der Waals surface area contributed by atoms with Gasteiger partial charge in [0.05, 0.1) is 12.5 Å². The first kappa shape index (κ1) is 17.6. The second-order valence-electron chi connectivity index (χ2n) is 7.31. The van der Waals surface area contributed by atoms with E-state index in [0.29, 0.717) is 13.1 Å². The molecule has 1 atom stereocenters. The van der Waals surface area contributed by atoms with Gasteiger partial charge in [0.25, 0.3) is 0 Å². The maximum atomic E-state index is 13.1. The number of ether oxygens (including phenoxy) is 1. The average molecular weight is 345 g/mol. The minimum atomic E-state index is -0.392. The van der Waals surface area contributed by atoms with Crippen LogP contribution in [0.2, 0.25) is 0 Å². The summed E-state index contributed by atoms with van der Waals surface area (Å²) in [7, 11) is 5.17. The van der Waals surface area contributed by atoms with Gasteiger partial charge in [-0.3, -0.25) is 4.79 Å². The third-order valence-electron chi connectivity index (χ3n) is 5.36. The van der Waals surface area contributed by atoms with Crippen molar-refractivity contribution < 1.29 is 14.3 Å². The molecule has 6 nitrogen and oxygen atoms in total. The summed E-state index contributed by atoms with van der Waals surface area (Å²) in [4.78, 5) is 30.7. The van der Waals surface area contributed by atoms with Crippen molar-refractivity contribution in [2.45, 2.75) is 25.8 Å². The van der Waals surface area contributed by atoms with Gasteiger partial charge in [-0.15, -0.1) is 0 Å². The molecule has 1 unspecified atom stereocenters. The largest absolute Gasteiger partial charge is 0.497 e. The molecule has 1 aromatic rings. The molecule has 0 radical (unpaired) electrons. The van der Waals surface area contributed by atoms with Crippen molar-refractivity contribution in [3.05, 3.63) is 29.8 Å². The van der Waals surface area contributed by atoms with Gasteiger partial charge in [-0.25, -0.2) is 4.79 Å². The maximum absolute atomic E-state index is 13.1. The first-order chi connectivity index (χ1) is 11.9. The molecule has 0 aliphatic carbocycles. The minimum Gasteiger partial charge on any atom is -0.497 e. The first-order valence-electron chi connectivity index (χ1n) is 8.84. The molecule has 2 fully saturated rings. The predicted molar refractivity (Wildman–Crippen MR) is 95.4 cm³/mol.